The van der Waals surface area contributed by atoms with Crippen LogP contribution in [0, 0.1) is 46.3 Å². The SMILES string of the molecule is CC(C)CCC[C@@H](C)[C@H]1CC[C@H]2[C@@H]3CC=C4C[C@@H](O)CC[C@]4(C)[C@H]3CC[C@]12C.[Cl-].[Na+]. The molecule has 0 unspecified atom stereocenters. The van der Waals surface area contributed by atoms with Gasteiger partial charge < -0.3 is 17.5 Å². The molecule has 1 nitrogen and oxygen atoms in total. The van der Waals surface area contributed by atoms with Crippen LogP contribution in [0.25, 0.3) is 0 Å². The van der Waals surface area contributed by atoms with E-state index >= 15 is 0 Å². The zero-order valence-corrected chi connectivity index (χ0v) is 23.5. The summed E-state index contributed by atoms with van der Waals surface area (Å²) in [5.74, 6) is 5.46. The number of hydrogen-bond acceptors (Lipinski definition) is 1. The van der Waals surface area contributed by atoms with Gasteiger partial charge in [0.25, 0.3) is 0 Å². The van der Waals surface area contributed by atoms with Gasteiger partial charge in [0.15, 0.2) is 0 Å². The van der Waals surface area contributed by atoms with Crippen molar-refractivity contribution in [3.8, 4) is 0 Å². The molecule has 0 amide bonds. The van der Waals surface area contributed by atoms with E-state index in [4.69, 9.17) is 0 Å². The van der Waals surface area contributed by atoms with Gasteiger partial charge in [-0.3, -0.25) is 0 Å². The maximum atomic E-state index is 10.2. The number of aliphatic hydroxyl groups excluding tert-OH is 1. The number of allylic oxidation sites excluding steroid dienone is 1. The fraction of sp³-hybridized carbons (Fsp3) is 0.926. The second-order valence-electron chi connectivity index (χ2n) is 12.2. The van der Waals surface area contributed by atoms with Crippen LogP contribution in [0.2, 0.25) is 0 Å². The predicted molar refractivity (Wildman–Crippen MR) is 119 cm³/mol. The number of halogens is 1. The van der Waals surface area contributed by atoms with Crippen LogP contribution in [0.3, 0.4) is 0 Å². The van der Waals surface area contributed by atoms with Crippen molar-refractivity contribution >= 4 is 0 Å². The van der Waals surface area contributed by atoms with Crippen molar-refractivity contribution in [1.82, 2.24) is 0 Å². The first-order valence-electron chi connectivity index (χ1n) is 12.6. The summed E-state index contributed by atoms with van der Waals surface area (Å²) in [4.78, 5) is 0. The molecule has 30 heavy (non-hydrogen) atoms. The first kappa shape index (κ1) is 27.2. The van der Waals surface area contributed by atoms with E-state index in [2.05, 4.69) is 40.7 Å². The number of fused-ring (bicyclic) bond motifs is 5. The molecule has 4 rings (SSSR count). The molecule has 4 aliphatic rings. The fourth-order valence-corrected chi connectivity index (χ4v) is 8.67. The molecule has 168 valence electrons. The molecule has 0 heterocycles. The molecule has 0 aliphatic heterocycles. The zero-order chi connectivity index (χ0) is 20.1. The van der Waals surface area contributed by atoms with Gasteiger partial charge in [0.2, 0.25) is 0 Å². The minimum absolute atomic E-state index is 0. The van der Waals surface area contributed by atoms with Crippen molar-refractivity contribution in [3.05, 3.63) is 11.6 Å². The monoisotopic (exact) mass is 444 g/mol. The third-order valence-electron chi connectivity index (χ3n) is 10.3. The van der Waals surface area contributed by atoms with E-state index in [1.807, 2.05) is 0 Å². The average molecular weight is 445 g/mol. The number of hydrogen-bond donors (Lipinski definition) is 1. The van der Waals surface area contributed by atoms with Gasteiger partial charge in [-0.2, -0.15) is 0 Å². The van der Waals surface area contributed by atoms with Crippen LogP contribution in [0.4, 0.5) is 0 Å². The van der Waals surface area contributed by atoms with Crippen LogP contribution in [-0.4, -0.2) is 11.2 Å². The summed E-state index contributed by atoms with van der Waals surface area (Å²) in [6.07, 6.45) is 17.2. The summed E-state index contributed by atoms with van der Waals surface area (Å²) in [5.41, 5.74) is 2.60. The topological polar surface area (TPSA) is 20.2 Å². The van der Waals surface area contributed by atoms with Crippen LogP contribution in [-0.2, 0) is 0 Å². The standard InChI is InChI=1S/C27H46O.ClH.Na/c1-18(2)7-6-8-19(3)23-11-12-24-22-10-9-20-17-21(28)13-15-26(20,4)25(22)14-16-27(23,24)5;;/h9,18-19,21-25,28H,6-8,10-17H2,1-5H3;1H;/q;;+1/p-1/t19-,21+,22+,23-,24+,25+,26+,27-;;/m1../s1. The van der Waals surface area contributed by atoms with Gasteiger partial charge in [-0.25, -0.2) is 0 Å². The maximum Gasteiger partial charge on any atom is 1.00 e. The molecule has 3 fully saturated rings. The van der Waals surface area contributed by atoms with Crippen molar-refractivity contribution in [2.45, 2.75) is 111 Å². The molecule has 8 atom stereocenters. The quantitative estimate of drug-likeness (QED) is 0.502. The van der Waals surface area contributed by atoms with Gasteiger partial charge in [-0.1, -0.05) is 65.5 Å². The average Bonchev–Trinajstić information content (AvgIpc) is 2.99. The molecule has 1 N–H and O–H groups in total. The van der Waals surface area contributed by atoms with E-state index in [0.29, 0.717) is 10.8 Å². The summed E-state index contributed by atoms with van der Waals surface area (Å²) in [6.45, 7) is 12.6. The van der Waals surface area contributed by atoms with Crippen LogP contribution >= 0.6 is 0 Å². The number of aliphatic hydroxyl groups is 1. The summed E-state index contributed by atoms with van der Waals surface area (Å²) in [5, 5.41) is 10.2. The Morgan fingerprint density at radius 3 is 2.43 bits per heavy atom. The van der Waals surface area contributed by atoms with E-state index in [1.165, 1.54) is 57.8 Å². The van der Waals surface area contributed by atoms with Gasteiger partial charge in [0, 0.05) is 0 Å². The first-order valence-corrected chi connectivity index (χ1v) is 12.6. The molecule has 3 saturated carbocycles. The van der Waals surface area contributed by atoms with Crippen LogP contribution in [0.5, 0.6) is 0 Å². The van der Waals surface area contributed by atoms with E-state index in [1.54, 1.807) is 5.57 Å². The van der Waals surface area contributed by atoms with Gasteiger partial charge in [0.1, 0.15) is 0 Å². The Bertz CT molecular complexity index is 604. The Morgan fingerprint density at radius 1 is 1.00 bits per heavy atom. The number of rotatable bonds is 5. The zero-order valence-electron chi connectivity index (χ0n) is 20.7. The molecule has 0 aromatic carbocycles. The van der Waals surface area contributed by atoms with Gasteiger partial charge in [-0.05, 0) is 97.7 Å². The Labute approximate surface area is 215 Å². The fourth-order valence-electron chi connectivity index (χ4n) is 8.67. The van der Waals surface area contributed by atoms with Crippen LogP contribution in [0.1, 0.15) is 105 Å². The molecule has 0 saturated heterocycles. The summed E-state index contributed by atoms with van der Waals surface area (Å²) < 4.78 is 0. The summed E-state index contributed by atoms with van der Waals surface area (Å²) in [7, 11) is 0. The molecule has 0 bridgehead atoms. The van der Waals surface area contributed by atoms with Crippen LogP contribution in [0.15, 0.2) is 11.6 Å². The Morgan fingerprint density at radius 2 is 1.73 bits per heavy atom. The van der Waals surface area contributed by atoms with Crippen molar-refractivity contribution in [3.63, 3.8) is 0 Å². The van der Waals surface area contributed by atoms with Crippen molar-refractivity contribution in [2.75, 3.05) is 0 Å². The molecule has 0 spiro atoms. The van der Waals surface area contributed by atoms with E-state index < -0.39 is 0 Å². The predicted octanol–water partition coefficient (Wildman–Crippen LogP) is 1.40. The van der Waals surface area contributed by atoms with E-state index in [9.17, 15) is 5.11 Å². The second kappa shape index (κ2) is 10.5. The largest absolute Gasteiger partial charge is 1.00 e. The minimum atomic E-state index is -0.0766. The molecule has 3 heteroatoms. The third kappa shape index (κ3) is 4.77. The Kier molecular flexibility index (Phi) is 9.53. The van der Waals surface area contributed by atoms with E-state index in [0.717, 1.165) is 48.3 Å². The Balaban J connectivity index is 0.00000160. The molecule has 0 aromatic heterocycles. The van der Waals surface area contributed by atoms with Gasteiger partial charge in [0.05, 0.1) is 6.10 Å². The van der Waals surface area contributed by atoms with Gasteiger partial charge in [-0.15, -0.1) is 0 Å². The first-order chi connectivity index (χ1) is 13.3. The minimum Gasteiger partial charge on any atom is -1.00 e. The molecular weight excluding hydrogens is 399 g/mol. The van der Waals surface area contributed by atoms with Crippen LogP contribution < -0.4 is 42.0 Å². The van der Waals surface area contributed by atoms with E-state index in [-0.39, 0.29) is 48.1 Å². The van der Waals surface area contributed by atoms with Crippen molar-refractivity contribution in [1.29, 1.82) is 0 Å². The summed E-state index contributed by atoms with van der Waals surface area (Å²) >= 11 is 0. The smallest absolute Gasteiger partial charge is 1.00 e. The maximum absolute atomic E-state index is 10.2. The Hall–Kier alpha value is 0.990. The van der Waals surface area contributed by atoms with Crippen molar-refractivity contribution < 1.29 is 47.1 Å². The molecule has 0 aromatic rings. The normalized spacial score (nSPS) is 43.4. The van der Waals surface area contributed by atoms with Crippen molar-refractivity contribution in [2.24, 2.45) is 46.3 Å². The summed E-state index contributed by atoms with van der Waals surface area (Å²) in [6, 6.07) is 0. The third-order valence-corrected chi connectivity index (χ3v) is 10.3. The van der Waals surface area contributed by atoms with Gasteiger partial charge >= 0.3 is 29.6 Å². The molecular formula is C27H46ClNaO. The second-order valence-corrected chi connectivity index (χ2v) is 12.2. The molecule has 0 radical (unpaired) electrons. The molecule has 4 aliphatic carbocycles.